The Morgan fingerprint density at radius 3 is 2.78 bits per heavy atom. The SMILES string of the molecule is OC1CNCC1CCF. The van der Waals surface area contributed by atoms with Crippen LogP contribution in [0.25, 0.3) is 0 Å². The van der Waals surface area contributed by atoms with Gasteiger partial charge in [0.2, 0.25) is 0 Å². The van der Waals surface area contributed by atoms with Crippen LogP contribution in [0.5, 0.6) is 0 Å². The molecule has 54 valence electrons. The molecular formula is C6H12FNO. The molecule has 0 aromatic rings. The van der Waals surface area contributed by atoms with Crippen LogP contribution in [0.15, 0.2) is 0 Å². The summed E-state index contributed by atoms with van der Waals surface area (Å²) in [6.45, 7) is 1.08. The summed E-state index contributed by atoms with van der Waals surface area (Å²) in [6.07, 6.45) is 0.175. The second-order valence-electron chi connectivity index (χ2n) is 2.46. The van der Waals surface area contributed by atoms with Crippen LogP contribution in [0.4, 0.5) is 4.39 Å². The Labute approximate surface area is 54.1 Å². The minimum absolute atomic E-state index is 0.148. The zero-order valence-corrected chi connectivity index (χ0v) is 5.31. The normalized spacial score (nSPS) is 35.3. The third-order valence-corrected chi connectivity index (χ3v) is 1.78. The highest BCUT2D eigenvalue weighted by atomic mass is 19.1. The molecule has 1 rings (SSSR count). The first kappa shape index (κ1) is 6.96. The first-order valence-electron chi connectivity index (χ1n) is 3.29. The maximum atomic E-state index is 11.7. The molecule has 0 saturated carbocycles. The van der Waals surface area contributed by atoms with Crippen molar-refractivity contribution in [1.29, 1.82) is 0 Å². The van der Waals surface area contributed by atoms with E-state index in [1.54, 1.807) is 0 Å². The van der Waals surface area contributed by atoms with Crippen LogP contribution in [0.3, 0.4) is 0 Å². The van der Waals surface area contributed by atoms with Gasteiger partial charge in [-0.2, -0.15) is 0 Å². The third kappa shape index (κ3) is 1.63. The molecular weight excluding hydrogens is 121 g/mol. The van der Waals surface area contributed by atoms with E-state index in [2.05, 4.69) is 5.32 Å². The summed E-state index contributed by atoms with van der Waals surface area (Å²) in [7, 11) is 0. The fraction of sp³-hybridized carbons (Fsp3) is 1.00. The molecule has 2 unspecified atom stereocenters. The topological polar surface area (TPSA) is 32.3 Å². The molecule has 0 aliphatic carbocycles. The van der Waals surface area contributed by atoms with Crippen molar-refractivity contribution in [3.05, 3.63) is 0 Å². The summed E-state index contributed by atoms with van der Waals surface area (Å²) in [5.74, 6) is 0.148. The molecule has 0 radical (unpaired) electrons. The maximum absolute atomic E-state index is 11.7. The van der Waals surface area contributed by atoms with Gasteiger partial charge in [0.05, 0.1) is 12.8 Å². The molecule has 0 spiro atoms. The minimum Gasteiger partial charge on any atom is -0.391 e. The molecule has 3 heteroatoms. The number of nitrogens with one attached hydrogen (secondary N) is 1. The Morgan fingerprint density at radius 2 is 2.33 bits per heavy atom. The first-order chi connectivity index (χ1) is 4.34. The van der Waals surface area contributed by atoms with Gasteiger partial charge in [-0.15, -0.1) is 0 Å². The standard InChI is InChI=1S/C6H12FNO/c7-2-1-5-3-8-4-6(5)9/h5-6,8-9H,1-4H2. The molecule has 9 heavy (non-hydrogen) atoms. The monoisotopic (exact) mass is 133 g/mol. The van der Waals surface area contributed by atoms with Crippen LogP contribution in [0.1, 0.15) is 6.42 Å². The van der Waals surface area contributed by atoms with Crippen molar-refractivity contribution < 1.29 is 9.50 Å². The van der Waals surface area contributed by atoms with Gasteiger partial charge in [0.15, 0.2) is 0 Å². The first-order valence-corrected chi connectivity index (χ1v) is 3.29. The van der Waals surface area contributed by atoms with Crippen molar-refractivity contribution >= 4 is 0 Å². The predicted molar refractivity (Wildman–Crippen MR) is 33.0 cm³/mol. The molecule has 1 aliphatic rings. The Morgan fingerprint density at radius 1 is 1.56 bits per heavy atom. The summed E-state index contributed by atoms with van der Waals surface area (Å²) >= 11 is 0. The second kappa shape index (κ2) is 3.13. The molecule has 1 saturated heterocycles. The average Bonchev–Trinajstić information content (AvgIpc) is 2.18. The molecule has 1 heterocycles. The summed E-state index contributed by atoms with van der Waals surface area (Å²) in [5, 5.41) is 12.1. The number of hydrogen-bond acceptors (Lipinski definition) is 2. The zero-order valence-electron chi connectivity index (χ0n) is 5.31. The highest BCUT2D eigenvalue weighted by molar-refractivity contribution is 4.79. The quantitative estimate of drug-likeness (QED) is 0.552. The summed E-state index contributed by atoms with van der Waals surface area (Å²) in [6, 6.07) is 0. The Kier molecular flexibility index (Phi) is 2.42. The molecule has 0 aromatic heterocycles. The van der Waals surface area contributed by atoms with Crippen LogP contribution in [0.2, 0.25) is 0 Å². The van der Waals surface area contributed by atoms with Gasteiger partial charge in [0.1, 0.15) is 0 Å². The van der Waals surface area contributed by atoms with Gasteiger partial charge in [-0.05, 0) is 6.42 Å². The van der Waals surface area contributed by atoms with Gasteiger partial charge in [0, 0.05) is 19.0 Å². The van der Waals surface area contributed by atoms with Crippen molar-refractivity contribution in [2.75, 3.05) is 19.8 Å². The van der Waals surface area contributed by atoms with Gasteiger partial charge in [-0.25, -0.2) is 0 Å². The minimum atomic E-state index is -0.319. The number of aliphatic hydroxyl groups excluding tert-OH is 1. The van der Waals surface area contributed by atoms with Gasteiger partial charge < -0.3 is 10.4 Å². The van der Waals surface area contributed by atoms with Crippen LogP contribution >= 0.6 is 0 Å². The van der Waals surface area contributed by atoms with Crippen LogP contribution < -0.4 is 5.32 Å². The molecule has 0 aromatic carbocycles. The summed E-state index contributed by atoms with van der Waals surface area (Å²) in [5.41, 5.74) is 0. The van der Waals surface area contributed by atoms with Crippen LogP contribution in [-0.2, 0) is 0 Å². The average molecular weight is 133 g/mol. The predicted octanol–water partition coefficient (Wildman–Crippen LogP) is -0.0737. The Balaban J connectivity index is 2.22. The maximum Gasteiger partial charge on any atom is 0.0898 e. The van der Waals surface area contributed by atoms with E-state index in [0.29, 0.717) is 13.0 Å². The Hall–Kier alpha value is -0.150. The summed E-state index contributed by atoms with van der Waals surface area (Å²) in [4.78, 5) is 0. The number of aliphatic hydroxyl groups is 1. The Bertz CT molecular complexity index is 89.1. The molecule has 1 aliphatic heterocycles. The number of β-amino-alcohol motifs (C(OH)–C–C–N with tert-alkyl or cyclic N) is 1. The van der Waals surface area contributed by atoms with Crippen molar-refractivity contribution in [3.63, 3.8) is 0 Å². The zero-order chi connectivity index (χ0) is 6.69. The number of rotatable bonds is 2. The summed E-state index contributed by atoms with van der Waals surface area (Å²) < 4.78 is 11.7. The smallest absolute Gasteiger partial charge is 0.0898 e. The number of alkyl halides is 1. The van der Waals surface area contributed by atoms with Gasteiger partial charge in [0.25, 0.3) is 0 Å². The number of hydrogen-bond donors (Lipinski definition) is 2. The van der Waals surface area contributed by atoms with Gasteiger partial charge in [-0.3, -0.25) is 4.39 Å². The molecule has 2 atom stereocenters. The van der Waals surface area contributed by atoms with Crippen LogP contribution in [-0.4, -0.2) is 31.0 Å². The van der Waals surface area contributed by atoms with Gasteiger partial charge in [-0.1, -0.05) is 0 Å². The highest BCUT2D eigenvalue weighted by Gasteiger charge is 2.23. The van der Waals surface area contributed by atoms with E-state index in [1.807, 2.05) is 0 Å². The lowest BCUT2D eigenvalue weighted by Crippen LogP contribution is -2.18. The fourth-order valence-corrected chi connectivity index (χ4v) is 1.15. The molecule has 2 nitrogen and oxygen atoms in total. The van der Waals surface area contributed by atoms with Crippen LogP contribution in [0, 0.1) is 5.92 Å². The lowest BCUT2D eigenvalue weighted by Gasteiger charge is -2.08. The highest BCUT2D eigenvalue weighted by Crippen LogP contribution is 2.12. The van der Waals surface area contributed by atoms with Crippen molar-refractivity contribution in [2.45, 2.75) is 12.5 Å². The lowest BCUT2D eigenvalue weighted by atomic mass is 10.0. The van der Waals surface area contributed by atoms with Crippen molar-refractivity contribution in [1.82, 2.24) is 5.32 Å². The van der Waals surface area contributed by atoms with E-state index in [4.69, 9.17) is 5.11 Å². The van der Waals surface area contributed by atoms with E-state index in [9.17, 15) is 4.39 Å². The van der Waals surface area contributed by atoms with E-state index < -0.39 is 0 Å². The second-order valence-corrected chi connectivity index (χ2v) is 2.46. The number of halogens is 1. The van der Waals surface area contributed by atoms with E-state index >= 15 is 0 Å². The van der Waals surface area contributed by atoms with Crippen molar-refractivity contribution in [3.8, 4) is 0 Å². The molecule has 0 bridgehead atoms. The van der Waals surface area contributed by atoms with Crippen molar-refractivity contribution in [2.24, 2.45) is 5.92 Å². The molecule has 0 amide bonds. The van der Waals surface area contributed by atoms with E-state index in [0.717, 1.165) is 6.54 Å². The van der Waals surface area contributed by atoms with E-state index in [1.165, 1.54) is 0 Å². The molecule has 1 fully saturated rings. The largest absolute Gasteiger partial charge is 0.391 e. The van der Waals surface area contributed by atoms with E-state index in [-0.39, 0.29) is 18.7 Å². The fourth-order valence-electron chi connectivity index (χ4n) is 1.15. The third-order valence-electron chi connectivity index (χ3n) is 1.78. The molecule has 2 N–H and O–H groups in total. The van der Waals surface area contributed by atoms with Gasteiger partial charge >= 0.3 is 0 Å². The lowest BCUT2D eigenvalue weighted by molar-refractivity contribution is 0.138.